The number of nitrogens with zero attached hydrogens (tertiary/aromatic N) is 1. The van der Waals surface area contributed by atoms with E-state index in [0.29, 0.717) is 6.54 Å². The van der Waals surface area contributed by atoms with Gasteiger partial charge in [-0.15, -0.1) is 0 Å². The number of benzene rings is 1. The smallest absolute Gasteiger partial charge is 0.0714 e. The van der Waals surface area contributed by atoms with Crippen LogP contribution >= 0.6 is 0 Å². The molecule has 1 aromatic carbocycles. The summed E-state index contributed by atoms with van der Waals surface area (Å²) in [6.45, 7) is 7.01. The van der Waals surface area contributed by atoms with Crippen LogP contribution in [0, 0.1) is 13.8 Å². The Balaban J connectivity index is 2.68. The van der Waals surface area contributed by atoms with E-state index in [9.17, 15) is 5.11 Å². The Kier molecular flexibility index (Phi) is 4.81. The topological polar surface area (TPSA) is 23.5 Å². The Morgan fingerprint density at radius 3 is 2.25 bits per heavy atom. The van der Waals surface area contributed by atoms with Crippen molar-refractivity contribution in [1.29, 1.82) is 0 Å². The second-order valence-electron chi connectivity index (χ2n) is 4.67. The van der Waals surface area contributed by atoms with E-state index in [4.69, 9.17) is 0 Å². The van der Waals surface area contributed by atoms with Crippen molar-refractivity contribution >= 4 is 5.69 Å². The zero-order chi connectivity index (χ0) is 12.1. The van der Waals surface area contributed by atoms with Crippen LogP contribution in [0.5, 0.6) is 0 Å². The van der Waals surface area contributed by atoms with Crippen LogP contribution in [0.2, 0.25) is 0 Å². The molecule has 2 nitrogen and oxygen atoms in total. The number of aliphatic hydroxyl groups is 1. The number of aliphatic hydroxyl groups excluding tert-OH is 1. The first-order chi connectivity index (χ1) is 7.52. The van der Waals surface area contributed by atoms with Crippen molar-refractivity contribution in [2.24, 2.45) is 0 Å². The van der Waals surface area contributed by atoms with Crippen LogP contribution in [-0.4, -0.2) is 24.8 Å². The van der Waals surface area contributed by atoms with Gasteiger partial charge in [0.25, 0.3) is 0 Å². The van der Waals surface area contributed by atoms with Crippen molar-refractivity contribution in [3.63, 3.8) is 0 Å². The molecule has 0 saturated heterocycles. The van der Waals surface area contributed by atoms with E-state index in [0.717, 1.165) is 12.8 Å². The first-order valence-corrected chi connectivity index (χ1v) is 6.00. The fourth-order valence-electron chi connectivity index (χ4n) is 2.02. The molecule has 16 heavy (non-hydrogen) atoms. The molecule has 0 radical (unpaired) electrons. The van der Waals surface area contributed by atoms with E-state index in [-0.39, 0.29) is 6.10 Å². The van der Waals surface area contributed by atoms with Gasteiger partial charge in [0.15, 0.2) is 0 Å². The molecule has 0 saturated carbocycles. The maximum absolute atomic E-state index is 9.78. The number of hydrogen-bond acceptors (Lipinski definition) is 2. The fourth-order valence-corrected chi connectivity index (χ4v) is 2.02. The summed E-state index contributed by atoms with van der Waals surface area (Å²) in [5, 5.41) is 9.78. The third kappa shape index (κ3) is 3.86. The standard InChI is InChI=1S/C14H23NO/c1-5-6-14(16)10-15(4)13-8-11(2)7-12(3)9-13/h7-9,14,16H,5-6,10H2,1-4H3. The van der Waals surface area contributed by atoms with E-state index >= 15 is 0 Å². The van der Waals surface area contributed by atoms with Gasteiger partial charge in [0, 0.05) is 19.3 Å². The number of likely N-dealkylation sites (N-methyl/N-ethyl adjacent to an activating group) is 1. The average molecular weight is 221 g/mol. The zero-order valence-electron chi connectivity index (χ0n) is 10.8. The molecule has 0 heterocycles. The van der Waals surface area contributed by atoms with Gasteiger partial charge in [0.2, 0.25) is 0 Å². The molecule has 1 atom stereocenters. The predicted octanol–water partition coefficient (Wildman–Crippen LogP) is 2.90. The first-order valence-electron chi connectivity index (χ1n) is 6.00. The zero-order valence-corrected chi connectivity index (χ0v) is 10.8. The fraction of sp³-hybridized carbons (Fsp3) is 0.571. The molecular formula is C14H23NO. The van der Waals surface area contributed by atoms with Gasteiger partial charge < -0.3 is 10.0 Å². The van der Waals surface area contributed by atoms with Gasteiger partial charge in [-0.25, -0.2) is 0 Å². The van der Waals surface area contributed by atoms with Crippen LogP contribution in [0.25, 0.3) is 0 Å². The monoisotopic (exact) mass is 221 g/mol. The molecule has 0 aromatic heterocycles. The molecule has 0 aliphatic rings. The average Bonchev–Trinajstić information content (AvgIpc) is 2.16. The number of aryl methyl sites for hydroxylation is 2. The summed E-state index contributed by atoms with van der Waals surface area (Å²) in [5.74, 6) is 0. The Hall–Kier alpha value is -1.02. The van der Waals surface area contributed by atoms with Gasteiger partial charge in [0.1, 0.15) is 0 Å². The van der Waals surface area contributed by atoms with Crippen molar-refractivity contribution in [2.75, 3.05) is 18.5 Å². The summed E-state index contributed by atoms with van der Waals surface area (Å²) in [6.07, 6.45) is 1.67. The van der Waals surface area contributed by atoms with Gasteiger partial charge in [0.05, 0.1) is 6.10 Å². The lowest BCUT2D eigenvalue weighted by atomic mass is 10.1. The highest BCUT2D eigenvalue weighted by atomic mass is 16.3. The molecule has 0 aliphatic carbocycles. The van der Waals surface area contributed by atoms with Gasteiger partial charge in [-0.3, -0.25) is 0 Å². The quantitative estimate of drug-likeness (QED) is 0.826. The Labute approximate surface area is 98.9 Å². The molecule has 1 aromatic rings. The summed E-state index contributed by atoms with van der Waals surface area (Å²) in [7, 11) is 2.03. The summed E-state index contributed by atoms with van der Waals surface area (Å²) >= 11 is 0. The maximum atomic E-state index is 9.78. The summed E-state index contributed by atoms with van der Waals surface area (Å²) in [6, 6.07) is 6.48. The lowest BCUT2D eigenvalue weighted by Gasteiger charge is -2.23. The lowest BCUT2D eigenvalue weighted by Crippen LogP contribution is -2.28. The predicted molar refractivity (Wildman–Crippen MR) is 70.1 cm³/mol. The van der Waals surface area contributed by atoms with E-state index < -0.39 is 0 Å². The van der Waals surface area contributed by atoms with Crippen molar-refractivity contribution < 1.29 is 5.11 Å². The second kappa shape index (κ2) is 5.90. The molecule has 90 valence electrons. The molecule has 0 aliphatic heterocycles. The molecule has 0 fully saturated rings. The van der Waals surface area contributed by atoms with Gasteiger partial charge in [-0.1, -0.05) is 19.4 Å². The molecule has 1 unspecified atom stereocenters. The molecule has 0 amide bonds. The van der Waals surface area contributed by atoms with Crippen LogP contribution in [0.4, 0.5) is 5.69 Å². The van der Waals surface area contributed by atoms with Gasteiger partial charge in [-0.05, 0) is 43.5 Å². The SMILES string of the molecule is CCCC(O)CN(C)c1cc(C)cc(C)c1. The molecular weight excluding hydrogens is 198 g/mol. The van der Waals surface area contributed by atoms with Crippen molar-refractivity contribution in [1.82, 2.24) is 0 Å². The van der Waals surface area contributed by atoms with Crippen LogP contribution in [-0.2, 0) is 0 Å². The van der Waals surface area contributed by atoms with E-state index in [2.05, 4.69) is 43.9 Å². The van der Waals surface area contributed by atoms with Crippen LogP contribution < -0.4 is 4.90 Å². The number of rotatable bonds is 5. The second-order valence-corrected chi connectivity index (χ2v) is 4.67. The van der Waals surface area contributed by atoms with Gasteiger partial charge >= 0.3 is 0 Å². The Morgan fingerprint density at radius 2 is 1.75 bits per heavy atom. The Morgan fingerprint density at radius 1 is 1.19 bits per heavy atom. The molecule has 1 N–H and O–H groups in total. The summed E-state index contributed by atoms with van der Waals surface area (Å²) < 4.78 is 0. The maximum Gasteiger partial charge on any atom is 0.0714 e. The van der Waals surface area contributed by atoms with Crippen LogP contribution in [0.1, 0.15) is 30.9 Å². The highest BCUT2D eigenvalue weighted by Crippen LogP contribution is 2.18. The van der Waals surface area contributed by atoms with E-state index in [1.54, 1.807) is 0 Å². The van der Waals surface area contributed by atoms with Crippen molar-refractivity contribution in [3.05, 3.63) is 29.3 Å². The summed E-state index contributed by atoms with van der Waals surface area (Å²) in [4.78, 5) is 2.13. The minimum atomic E-state index is -0.226. The van der Waals surface area contributed by atoms with Crippen LogP contribution in [0.3, 0.4) is 0 Å². The number of anilines is 1. The summed E-state index contributed by atoms with van der Waals surface area (Å²) in [5.41, 5.74) is 3.73. The van der Waals surface area contributed by atoms with Crippen molar-refractivity contribution in [3.8, 4) is 0 Å². The van der Waals surface area contributed by atoms with Crippen LogP contribution in [0.15, 0.2) is 18.2 Å². The lowest BCUT2D eigenvalue weighted by molar-refractivity contribution is 0.170. The third-order valence-corrected chi connectivity index (χ3v) is 2.75. The molecule has 0 spiro atoms. The van der Waals surface area contributed by atoms with E-state index in [1.807, 2.05) is 7.05 Å². The highest BCUT2D eigenvalue weighted by molar-refractivity contribution is 5.50. The van der Waals surface area contributed by atoms with Gasteiger partial charge in [-0.2, -0.15) is 0 Å². The largest absolute Gasteiger partial charge is 0.391 e. The molecule has 1 rings (SSSR count). The molecule has 2 heteroatoms. The minimum Gasteiger partial charge on any atom is -0.391 e. The highest BCUT2D eigenvalue weighted by Gasteiger charge is 2.08. The normalized spacial score (nSPS) is 12.6. The third-order valence-electron chi connectivity index (χ3n) is 2.75. The molecule has 0 bridgehead atoms. The first kappa shape index (κ1) is 13.0. The minimum absolute atomic E-state index is 0.226. The Bertz CT molecular complexity index is 315. The van der Waals surface area contributed by atoms with E-state index in [1.165, 1.54) is 16.8 Å². The number of hydrogen-bond donors (Lipinski definition) is 1. The van der Waals surface area contributed by atoms with Crippen molar-refractivity contribution in [2.45, 2.75) is 39.7 Å².